The second kappa shape index (κ2) is 8.76. The van der Waals surface area contributed by atoms with Crippen LogP contribution in [0.4, 0.5) is 0 Å². The van der Waals surface area contributed by atoms with E-state index in [4.69, 9.17) is 11.6 Å². The van der Waals surface area contributed by atoms with Crippen LogP contribution in [0.15, 0.2) is 39.9 Å². The lowest BCUT2D eigenvalue weighted by Gasteiger charge is -2.13. The van der Waals surface area contributed by atoms with Crippen LogP contribution >= 0.6 is 34.3 Å². The average molecular weight is 482 g/mol. The fourth-order valence-electron chi connectivity index (χ4n) is 3.24. The minimum absolute atomic E-state index is 0.0123. The first-order valence-electron chi connectivity index (χ1n) is 9.44. The molecule has 1 N–H and O–H groups in total. The lowest BCUT2D eigenvalue weighted by Crippen LogP contribution is -2.27. The summed E-state index contributed by atoms with van der Waals surface area (Å²) in [6.45, 7) is 3.49. The molecule has 0 unspecified atom stereocenters. The van der Waals surface area contributed by atoms with E-state index in [2.05, 4.69) is 9.71 Å². The fraction of sp³-hybridized carbons (Fsp3) is 0.300. The van der Waals surface area contributed by atoms with Crippen LogP contribution in [0.5, 0.6) is 0 Å². The van der Waals surface area contributed by atoms with Gasteiger partial charge in [-0.2, -0.15) is 0 Å². The minimum Gasteiger partial charge on any atom is -0.338 e. The van der Waals surface area contributed by atoms with Crippen LogP contribution in [0.3, 0.4) is 0 Å². The second-order valence-corrected chi connectivity index (χ2v) is 11.3. The van der Waals surface area contributed by atoms with Gasteiger partial charge in [-0.15, -0.1) is 22.7 Å². The monoisotopic (exact) mass is 481 g/mol. The van der Waals surface area contributed by atoms with Gasteiger partial charge in [0, 0.05) is 35.6 Å². The summed E-state index contributed by atoms with van der Waals surface area (Å²) in [5.74, 6) is 0.0123. The van der Waals surface area contributed by atoms with Crippen LogP contribution in [-0.4, -0.2) is 37.3 Å². The molecule has 0 spiro atoms. The summed E-state index contributed by atoms with van der Waals surface area (Å²) in [6, 6.07) is 8.71. The first kappa shape index (κ1) is 21.5. The summed E-state index contributed by atoms with van der Waals surface area (Å²) in [6.07, 6.45) is 2.06. The molecule has 0 radical (unpaired) electrons. The molecule has 0 bridgehead atoms. The lowest BCUT2D eigenvalue weighted by atomic mass is 10.2. The summed E-state index contributed by atoms with van der Waals surface area (Å²) >= 11 is 8.55. The molecule has 1 aliphatic heterocycles. The highest BCUT2D eigenvalue weighted by Gasteiger charge is 2.25. The van der Waals surface area contributed by atoms with Gasteiger partial charge in [0.15, 0.2) is 0 Å². The Balaban J connectivity index is 1.51. The summed E-state index contributed by atoms with van der Waals surface area (Å²) < 4.78 is 28.2. The van der Waals surface area contributed by atoms with Crippen molar-refractivity contribution < 1.29 is 13.2 Å². The number of carbonyl (C=O) groups excluding carboxylic acids is 1. The van der Waals surface area contributed by atoms with Crippen molar-refractivity contribution in [1.82, 2.24) is 14.6 Å². The molecular formula is C20H20ClN3O3S3. The van der Waals surface area contributed by atoms with Gasteiger partial charge in [0.25, 0.3) is 5.91 Å². The number of nitrogens with zero attached hydrogens (tertiary/aromatic N) is 2. The zero-order chi connectivity index (χ0) is 21.3. The Morgan fingerprint density at radius 1 is 1.27 bits per heavy atom. The molecule has 0 saturated carbocycles. The van der Waals surface area contributed by atoms with E-state index in [9.17, 15) is 13.2 Å². The van der Waals surface area contributed by atoms with Gasteiger partial charge in [0.1, 0.15) is 14.1 Å². The molecule has 1 fully saturated rings. The molecule has 30 heavy (non-hydrogen) atoms. The highest BCUT2D eigenvalue weighted by Crippen LogP contribution is 2.34. The van der Waals surface area contributed by atoms with Gasteiger partial charge in [-0.25, -0.2) is 18.1 Å². The van der Waals surface area contributed by atoms with E-state index in [0.29, 0.717) is 31.7 Å². The quantitative estimate of drug-likeness (QED) is 0.560. The molecule has 0 atom stereocenters. The van der Waals surface area contributed by atoms with Gasteiger partial charge in [-0.05, 0) is 37.5 Å². The lowest BCUT2D eigenvalue weighted by molar-refractivity contribution is 0.0796. The van der Waals surface area contributed by atoms with Gasteiger partial charge in [-0.3, -0.25) is 4.79 Å². The Morgan fingerprint density at radius 3 is 2.73 bits per heavy atom. The van der Waals surface area contributed by atoms with Crippen LogP contribution in [0.2, 0.25) is 5.02 Å². The topological polar surface area (TPSA) is 79.4 Å². The smallest absolute Gasteiger partial charge is 0.265 e. The highest BCUT2D eigenvalue weighted by molar-refractivity contribution is 7.91. The van der Waals surface area contributed by atoms with Crippen molar-refractivity contribution in [2.24, 2.45) is 0 Å². The molecule has 158 valence electrons. The maximum absolute atomic E-state index is 12.7. The second-order valence-electron chi connectivity index (χ2n) is 7.00. The fourth-order valence-corrected chi connectivity index (χ4v) is 6.75. The number of thiazole rings is 1. The number of amides is 1. The Labute approximate surface area is 188 Å². The van der Waals surface area contributed by atoms with Gasteiger partial charge in [0.05, 0.1) is 5.69 Å². The van der Waals surface area contributed by atoms with Crippen molar-refractivity contribution in [3.05, 3.63) is 56.9 Å². The van der Waals surface area contributed by atoms with Gasteiger partial charge in [-0.1, -0.05) is 29.8 Å². The maximum atomic E-state index is 12.7. The number of sulfonamides is 1. The number of aromatic nitrogens is 1. The standard InChI is InChI=1S/C20H20ClN3O3S3/c1-13-18(20(25)24-8-4-5-9-24)29-19(23-13)15-10-17(28-12-15)30(26,27)22-11-14-6-2-3-7-16(14)21/h2-3,6-7,10,12,22H,4-5,8-9,11H2,1H3. The van der Waals surface area contributed by atoms with Crippen LogP contribution in [0.1, 0.15) is 33.8 Å². The van der Waals surface area contributed by atoms with Crippen molar-refractivity contribution in [2.45, 2.75) is 30.5 Å². The number of benzene rings is 1. The molecule has 1 saturated heterocycles. The van der Waals surface area contributed by atoms with E-state index in [0.717, 1.165) is 37.3 Å². The predicted octanol–water partition coefficient (Wildman–Crippen LogP) is 4.55. The molecule has 4 rings (SSSR count). The maximum Gasteiger partial charge on any atom is 0.265 e. The zero-order valence-corrected chi connectivity index (χ0v) is 19.4. The predicted molar refractivity (Wildman–Crippen MR) is 121 cm³/mol. The Hall–Kier alpha value is -1.78. The molecule has 3 heterocycles. The van der Waals surface area contributed by atoms with E-state index >= 15 is 0 Å². The molecule has 10 heteroatoms. The molecule has 1 aliphatic rings. The van der Waals surface area contributed by atoms with Crippen molar-refractivity contribution in [2.75, 3.05) is 13.1 Å². The molecule has 6 nitrogen and oxygen atoms in total. The number of likely N-dealkylation sites (tertiary alicyclic amines) is 1. The number of halogens is 1. The molecular weight excluding hydrogens is 462 g/mol. The van der Waals surface area contributed by atoms with Crippen molar-refractivity contribution in [1.29, 1.82) is 0 Å². The molecule has 1 aromatic carbocycles. The molecule has 1 amide bonds. The number of thiophene rings is 1. The van der Waals surface area contributed by atoms with Gasteiger partial charge in [0.2, 0.25) is 10.0 Å². The molecule has 3 aromatic rings. The third kappa shape index (κ3) is 4.45. The molecule has 2 aromatic heterocycles. The van der Waals surface area contributed by atoms with Crippen molar-refractivity contribution in [3.8, 4) is 10.6 Å². The molecule has 0 aliphatic carbocycles. The minimum atomic E-state index is -3.68. The number of hydrogen-bond acceptors (Lipinski definition) is 6. The SMILES string of the molecule is Cc1nc(-c2csc(S(=O)(=O)NCc3ccccc3Cl)c2)sc1C(=O)N1CCCC1. The van der Waals surface area contributed by atoms with Crippen molar-refractivity contribution >= 4 is 50.2 Å². The third-order valence-electron chi connectivity index (χ3n) is 4.88. The van der Waals surface area contributed by atoms with Gasteiger partial charge >= 0.3 is 0 Å². The first-order valence-corrected chi connectivity index (χ1v) is 13.0. The van der Waals surface area contributed by atoms with E-state index in [1.54, 1.807) is 29.6 Å². The van der Waals surface area contributed by atoms with Crippen LogP contribution in [0.25, 0.3) is 10.6 Å². The summed E-state index contributed by atoms with van der Waals surface area (Å²) in [7, 11) is -3.68. The number of aryl methyl sites for hydroxylation is 1. The number of carbonyl (C=O) groups is 1. The normalized spacial score (nSPS) is 14.4. The highest BCUT2D eigenvalue weighted by atomic mass is 35.5. The van der Waals surface area contributed by atoms with Gasteiger partial charge < -0.3 is 4.90 Å². The number of rotatable bonds is 6. The zero-order valence-electron chi connectivity index (χ0n) is 16.2. The number of hydrogen-bond donors (Lipinski definition) is 1. The Kier molecular flexibility index (Phi) is 6.26. The van der Waals surface area contributed by atoms with Crippen LogP contribution in [0, 0.1) is 6.92 Å². The largest absolute Gasteiger partial charge is 0.338 e. The average Bonchev–Trinajstić information content (AvgIpc) is 3.47. The first-order chi connectivity index (χ1) is 14.3. The Bertz CT molecular complexity index is 1180. The van der Waals surface area contributed by atoms with Crippen LogP contribution in [-0.2, 0) is 16.6 Å². The Morgan fingerprint density at radius 2 is 2.00 bits per heavy atom. The van der Waals surface area contributed by atoms with E-state index < -0.39 is 10.0 Å². The third-order valence-corrected chi connectivity index (χ3v) is 9.29. The summed E-state index contributed by atoms with van der Waals surface area (Å²) in [5.41, 5.74) is 2.09. The number of nitrogens with one attached hydrogen (secondary N) is 1. The van der Waals surface area contributed by atoms with E-state index in [-0.39, 0.29) is 16.7 Å². The van der Waals surface area contributed by atoms with E-state index in [1.165, 1.54) is 11.3 Å². The van der Waals surface area contributed by atoms with E-state index in [1.807, 2.05) is 17.9 Å². The summed E-state index contributed by atoms with van der Waals surface area (Å²) in [5, 5.41) is 2.92. The van der Waals surface area contributed by atoms with Crippen LogP contribution < -0.4 is 4.72 Å². The summed E-state index contributed by atoms with van der Waals surface area (Å²) in [4.78, 5) is 19.7. The van der Waals surface area contributed by atoms with Crippen molar-refractivity contribution in [3.63, 3.8) is 0 Å².